The third kappa shape index (κ3) is 3.05. The van der Waals surface area contributed by atoms with Gasteiger partial charge in [0.15, 0.2) is 0 Å². The molecule has 2 saturated heterocycles. The van der Waals surface area contributed by atoms with Gasteiger partial charge in [0.25, 0.3) is 0 Å². The average Bonchev–Trinajstić information content (AvgIpc) is 3.07. The van der Waals surface area contributed by atoms with E-state index in [0.29, 0.717) is 0 Å². The molecule has 3 heterocycles. The minimum absolute atomic E-state index is 0.0371. The quantitative estimate of drug-likeness (QED) is 0.868. The fourth-order valence-corrected chi connectivity index (χ4v) is 4.19. The summed E-state index contributed by atoms with van der Waals surface area (Å²) in [5.74, 6) is -1.44. The van der Waals surface area contributed by atoms with E-state index >= 15 is 0 Å². The van der Waals surface area contributed by atoms with Gasteiger partial charge in [0.05, 0.1) is 17.7 Å². The van der Waals surface area contributed by atoms with Crippen LogP contribution in [0.4, 0.5) is 0 Å². The molecule has 2 aliphatic rings. The van der Waals surface area contributed by atoms with Crippen LogP contribution in [0, 0.1) is 12.8 Å². The molecule has 132 valence electrons. The number of hydrogen-bond donors (Lipinski definition) is 1. The minimum Gasteiger partial charge on any atom is -0.481 e. The third-order valence-corrected chi connectivity index (χ3v) is 5.71. The molecule has 1 N–H and O–H groups in total. The van der Waals surface area contributed by atoms with E-state index in [0.717, 1.165) is 45.4 Å². The maximum absolute atomic E-state index is 12.0. The number of carbonyl (C=O) groups excluding carboxylic acids is 1. The molecule has 3 rings (SSSR count). The Bertz CT molecular complexity index is 619. The van der Waals surface area contributed by atoms with Crippen molar-refractivity contribution in [2.45, 2.75) is 44.7 Å². The first-order chi connectivity index (χ1) is 11.4. The number of aromatic nitrogens is 2. The highest BCUT2D eigenvalue weighted by molar-refractivity contribution is 5.88. The van der Waals surface area contributed by atoms with E-state index in [1.54, 1.807) is 11.9 Å². The van der Waals surface area contributed by atoms with E-state index in [1.165, 1.54) is 5.56 Å². The van der Waals surface area contributed by atoms with Gasteiger partial charge in [-0.3, -0.25) is 14.3 Å². The molecule has 1 atom stereocenters. The predicted octanol–water partition coefficient (Wildman–Crippen LogP) is 0.979. The van der Waals surface area contributed by atoms with Crippen LogP contribution in [0.25, 0.3) is 0 Å². The highest BCUT2D eigenvalue weighted by Crippen LogP contribution is 2.42. The first kappa shape index (κ1) is 17.0. The van der Waals surface area contributed by atoms with Gasteiger partial charge in [-0.1, -0.05) is 0 Å². The monoisotopic (exact) mass is 334 g/mol. The first-order valence-electron chi connectivity index (χ1n) is 8.63. The van der Waals surface area contributed by atoms with Crippen molar-refractivity contribution in [3.63, 3.8) is 0 Å². The van der Waals surface area contributed by atoms with E-state index in [1.807, 2.05) is 24.0 Å². The number of amides is 1. The molecule has 0 aliphatic carbocycles. The van der Waals surface area contributed by atoms with Crippen LogP contribution in [0.15, 0.2) is 12.4 Å². The summed E-state index contributed by atoms with van der Waals surface area (Å²) in [4.78, 5) is 27.7. The lowest BCUT2D eigenvalue weighted by Gasteiger charge is -2.45. The van der Waals surface area contributed by atoms with Gasteiger partial charge in [0.1, 0.15) is 0 Å². The molecule has 7 heteroatoms. The van der Waals surface area contributed by atoms with Gasteiger partial charge in [0, 0.05) is 39.3 Å². The van der Waals surface area contributed by atoms with Crippen molar-refractivity contribution >= 4 is 11.9 Å². The van der Waals surface area contributed by atoms with Crippen LogP contribution < -0.4 is 0 Å². The Labute approximate surface area is 142 Å². The van der Waals surface area contributed by atoms with E-state index < -0.39 is 17.4 Å². The predicted molar refractivity (Wildman–Crippen MR) is 88.5 cm³/mol. The zero-order valence-electron chi connectivity index (χ0n) is 14.4. The van der Waals surface area contributed by atoms with Crippen molar-refractivity contribution in [2.75, 3.05) is 26.7 Å². The molecular weight excluding hydrogens is 308 g/mol. The van der Waals surface area contributed by atoms with Crippen LogP contribution in [0.2, 0.25) is 0 Å². The van der Waals surface area contributed by atoms with Crippen LogP contribution >= 0.6 is 0 Å². The van der Waals surface area contributed by atoms with E-state index in [-0.39, 0.29) is 12.3 Å². The van der Waals surface area contributed by atoms with Crippen LogP contribution in [-0.2, 0) is 16.1 Å². The SMILES string of the molecule is Cc1cnn(CCCN2CCC3(CC2)C(C(=O)O)CC(=O)N3C)c1. The Balaban J connectivity index is 1.53. The van der Waals surface area contributed by atoms with E-state index in [4.69, 9.17) is 0 Å². The van der Waals surface area contributed by atoms with Crippen molar-refractivity contribution in [1.29, 1.82) is 0 Å². The molecule has 1 aromatic rings. The smallest absolute Gasteiger partial charge is 0.309 e. The Hall–Kier alpha value is -1.89. The van der Waals surface area contributed by atoms with Gasteiger partial charge < -0.3 is 14.9 Å². The number of carboxylic acid groups (broad SMARTS) is 1. The van der Waals surface area contributed by atoms with Crippen molar-refractivity contribution in [3.8, 4) is 0 Å². The Morgan fingerprint density at radius 3 is 2.67 bits per heavy atom. The molecule has 0 aromatic carbocycles. The number of aliphatic carboxylic acids is 1. The molecule has 0 saturated carbocycles. The summed E-state index contributed by atoms with van der Waals surface area (Å²) in [5, 5.41) is 13.8. The third-order valence-electron chi connectivity index (χ3n) is 5.71. The summed E-state index contributed by atoms with van der Waals surface area (Å²) in [6.45, 7) is 5.60. The summed E-state index contributed by atoms with van der Waals surface area (Å²) in [7, 11) is 1.76. The number of hydrogen-bond acceptors (Lipinski definition) is 4. The number of carbonyl (C=O) groups is 2. The van der Waals surface area contributed by atoms with Crippen LogP contribution in [0.1, 0.15) is 31.2 Å². The van der Waals surface area contributed by atoms with Gasteiger partial charge in [-0.2, -0.15) is 5.10 Å². The zero-order valence-corrected chi connectivity index (χ0v) is 14.4. The second kappa shape index (κ2) is 6.55. The molecular formula is C17H26N4O3. The topological polar surface area (TPSA) is 78.7 Å². The van der Waals surface area contributed by atoms with Gasteiger partial charge in [-0.05, 0) is 38.3 Å². The molecule has 7 nitrogen and oxygen atoms in total. The second-order valence-electron chi connectivity index (χ2n) is 7.13. The summed E-state index contributed by atoms with van der Waals surface area (Å²) < 4.78 is 1.96. The van der Waals surface area contributed by atoms with E-state index in [9.17, 15) is 14.7 Å². The summed E-state index contributed by atoms with van der Waals surface area (Å²) >= 11 is 0. The zero-order chi connectivity index (χ0) is 17.3. The molecule has 1 spiro atoms. The maximum Gasteiger partial charge on any atom is 0.309 e. The van der Waals surface area contributed by atoms with E-state index in [2.05, 4.69) is 10.00 Å². The fourth-order valence-electron chi connectivity index (χ4n) is 4.19. The van der Waals surface area contributed by atoms with Crippen LogP contribution in [0.3, 0.4) is 0 Å². The summed E-state index contributed by atoms with van der Waals surface area (Å²) in [6, 6.07) is 0. The number of rotatable bonds is 5. The number of aryl methyl sites for hydroxylation is 2. The second-order valence-corrected chi connectivity index (χ2v) is 7.13. The molecule has 24 heavy (non-hydrogen) atoms. The lowest BCUT2D eigenvalue weighted by atomic mass is 9.77. The van der Waals surface area contributed by atoms with Crippen molar-refractivity contribution < 1.29 is 14.7 Å². The average molecular weight is 334 g/mol. The van der Waals surface area contributed by atoms with Gasteiger partial charge >= 0.3 is 5.97 Å². The number of piperidine rings is 1. The Morgan fingerprint density at radius 1 is 1.38 bits per heavy atom. The number of carboxylic acids is 1. The molecule has 1 aromatic heterocycles. The highest BCUT2D eigenvalue weighted by atomic mass is 16.4. The summed E-state index contributed by atoms with van der Waals surface area (Å²) in [5.41, 5.74) is 0.682. The van der Waals surface area contributed by atoms with Crippen molar-refractivity contribution in [3.05, 3.63) is 18.0 Å². The molecule has 2 aliphatic heterocycles. The fraction of sp³-hybridized carbons (Fsp3) is 0.706. The molecule has 0 radical (unpaired) electrons. The van der Waals surface area contributed by atoms with Gasteiger partial charge in [-0.25, -0.2) is 0 Å². The number of likely N-dealkylation sites (tertiary alicyclic amines) is 2. The Kier molecular flexibility index (Phi) is 4.62. The molecule has 0 bridgehead atoms. The van der Waals surface area contributed by atoms with Gasteiger partial charge in [-0.15, -0.1) is 0 Å². The molecule has 1 amide bonds. The first-order valence-corrected chi connectivity index (χ1v) is 8.63. The van der Waals surface area contributed by atoms with Crippen molar-refractivity contribution in [2.24, 2.45) is 5.92 Å². The highest BCUT2D eigenvalue weighted by Gasteiger charge is 2.55. The van der Waals surface area contributed by atoms with Gasteiger partial charge in [0.2, 0.25) is 5.91 Å². The van der Waals surface area contributed by atoms with Crippen LogP contribution in [0.5, 0.6) is 0 Å². The molecule has 2 fully saturated rings. The maximum atomic E-state index is 12.0. The lowest BCUT2D eigenvalue weighted by molar-refractivity contribution is -0.146. The van der Waals surface area contributed by atoms with Crippen LogP contribution in [-0.4, -0.2) is 68.8 Å². The molecule has 1 unspecified atom stereocenters. The minimum atomic E-state index is -0.838. The Morgan fingerprint density at radius 2 is 2.08 bits per heavy atom. The lowest BCUT2D eigenvalue weighted by Crippen LogP contribution is -2.56. The summed E-state index contributed by atoms with van der Waals surface area (Å²) in [6.07, 6.45) is 6.56. The largest absolute Gasteiger partial charge is 0.481 e. The number of nitrogens with zero attached hydrogens (tertiary/aromatic N) is 4. The normalized spacial score (nSPS) is 24.0. The van der Waals surface area contributed by atoms with Crippen molar-refractivity contribution in [1.82, 2.24) is 19.6 Å². The standard InChI is InChI=1S/C17H26N4O3/c1-13-11-18-21(12-13)7-3-6-20-8-4-17(5-9-20)14(16(23)24)10-15(22)19(17)2/h11-12,14H,3-10H2,1-2H3,(H,23,24).